The maximum Gasteiger partial charge on any atom is 0.296 e. The lowest BCUT2D eigenvalue weighted by atomic mass is 10.0. The van der Waals surface area contributed by atoms with Gasteiger partial charge in [0.1, 0.15) is 6.04 Å². The van der Waals surface area contributed by atoms with Gasteiger partial charge in [0.2, 0.25) is 11.7 Å². The van der Waals surface area contributed by atoms with Crippen LogP contribution in [0.2, 0.25) is 0 Å². The molecule has 0 aromatic carbocycles. The number of aliphatic hydroxyl groups is 1. The molecule has 0 saturated carbocycles. The van der Waals surface area contributed by atoms with E-state index in [2.05, 4.69) is 9.97 Å². The van der Waals surface area contributed by atoms with E-state index in [0.29, 0.717) is 4.88 Å². The van der Waals surface area contributed by atoms with Crippen molar-refractivity contribution in [3.8, 4) is 0 Å². The molecule has 1 amide bonds. The van der Waals surface area contributed by atoms with Crippen LogP contribution in [0.25, 0.3) is 0 Å². The summed E-state index contributed by atoms with van der Waals surface area (Å²) in [5, 5.41) is 12.2. The second-order valence-corrected chi connectivity index (χ2v) is 6.19. The van der Waals surface area contributed by atoms with Gasteiger partial charge in [-0.2, -0.15) is 0 Å². The third kappa shape index (κ3) is 2.43. The highest BCUT2D eigenvalue weighted by Crippen LogP contribution is 2.42. The van der Waals surface area contributed by atoms with E-state index in [-0.39, 0.29) is 17.3 Å². The molecule has 4 heterocycles. The average molecular weight is 353 g/mol. The largest absolute Gasteiger partial charge is 0.503 e. The molecule has 124 valence electrons. The van der Waals surface area contributed by atoms with Gasteiger partial charge >= 0.3 is 0 Å². The number of rotatable bonds is 4. The normalized spacial score (nSPS) is 17.4. The summed E-state index contributed by atoms with van der Waals surface area (Å²) in [5.41, 5.74) is -0.0464. The summed E-state index contributed by atoms with van der Waals surface area (Å²) in [6.07, 6.45) is 4.34. The molecule has 0 unspecified atom stereocenters. The minimum atomic E-state index is -0.813. The van der Waals surface area contributed by atoms with Gasteiger partial charge in [-0.1, -0.05) is 6.07 Å². The first-order valence-corrected chi connectivity index (χ1v) is 8.21. The van der Waals surface area contributed by atoms with Crippen LogP contribution in [0.1, 0.15) is 21.5 Å². The van der Waals surface area contributed by atoms with Crippen molar-refractivity contribution >= 4 is 29.0 Å². The molecular formula is C17H11N3O4S. The van der Waals surface area contributed by atoms with Gasteiger partial charge in [0, 0.05) is 17.3 Å². The van der Waals surface area contributed by atoms with Gasteiger partial charge in [0.05, 0.1) is 11.8 Å². The maximum atomic E-state index is 12.8. The molecule has 1 atom stereocenters. The molecule has 7 nitrogen and oxygen atoms in total. The van der Waals surface area contributed by atoms with Crippen LogP contribution in [-0.2, 0) is 4.79 Å². The Morgan fingerprint density at radius 3 is 2.64 bits per heavy atom. The summed E-state index contributed by atoms with van der Waals surface area (Å²) in [6, 6.07) is 7.45. The molecule has 0 fully saturated rings. The number of furan rings is 1. The second-order valence-electron chi connectivity index (χ2n) is 5.21. The highest BCUT2D eigenvalue weighted by Gasteiger charge is 2.46. The number of carbonyl (C=O) groups is 2. The molecule has 0 aliphatic carbocycles. The first kappa shape index (κ1) is 15.3. The number of nitrogens with zero attached hydrogens (tertiary/aromatic N) is 3. The van der Waals surface area contributed by atoms with E-state index in [1.807, 2.05) is 5.38 Å². The van der Waals surface area contributed by atoms with E-state index in [0.717, 1.165) is 0 Å². The zero-order valence-corrected chi connectivity index (χ0v) is 13.5. The molecule has 1 N–H and O–H groups in total. The molecule has 0 saturated heterocycles. The third-order valence-electron chi connectivity index (χ3n) is 3.78. The third-order valence-corrected chi connectivity index (χ3v) is 4.70. The topological polar surface area (TPSA) is 96.5 Å². The van der Waals surface area contributed by atoms with Crippen molar-refractivity contribution in [1.82, 2.24) is 9.97 Å². The molecule has 0 radical (unpaired) electrons. The number of thiophene rings is 1. The Morgan fingerprint density at radius 1 is 1.20 bits per heavy atom. The Hall–Kier alpha value is -3.26. The minimum absolute atomic E-state index is 0.0464. The SMILES string of the molecule is O=C(C1=C(O)C(=O)N(c2ncccn2)[C@@H]1c1cccs1)c1ccco1. The van der Waals surface area contributed by atoms with E-state index in [9.17, 15) is 14.7 Å². The van der Waals surface area contributed by atoms with Gasteiger partial charge in [-0.15, -0.1) is 11.3 Å². The molecule has 1 aliphatic rings. The van der Waals surface area contributed by atoms with E-state index >= 15 is 0 Å². The van der Waals surface area contributed by atoms with E-state index in [1.165, 1.54) is 41.0 Å². The Balaban J connectivity index is 1.87. The number of Topliss-reactive ketones (excluding diaryl/α,β-unsaturated/α-hetero) is 1. The Bertz CT molecular complexity index is 949. The van der Waals surface area contributed by atoms with E-state index in [4.69, 9.17) is 4.42 Å². The van der Waals surface area contributed by atoms with Crippen LogP contribution in [0.4, 0.5) is 5.95 Å². The number of carbonyl (C=O) groups excluding carboxylic acids is 2. The predicted molar refractivity (Wildman–Crippen MR) is 89.3 cm³/mol. The lowest BCUT2D eigenvalue weighted by molar-refractivity contribution is -0.117. The van der Waals surface area contributed by atoms with Gasteiger partial charge in [-0.25, -0.2) is 9.97 Å². The number of hydrogen-bond acceptors (Lipinski definition) is 7. The number of amides is 1. The molecule has 25 heavy (non-hydrogen) atoms. The fraction of sp³-hybridized carbons (Fsp3) is 0.0588. The maximum absolute atomic E-state index is 12.8. The number of aromatic nitrogens is 2. The lowest BCUT2D eigenvalue weighted by Gasteiger charge is -2.23. The molecule has 4 rings (SSSR count). The van der Waals surface area contributed by atoms with Crippen LogP contribution >= 0.6 is 11.3 Å². The molecule has 3 aromatic rings. The summed E-state index contributed by atoms with van der Waals surface area (Å²) in [5.74, 6) is -1.73. The van der Waals surface area contributed by atoms with Gasteiger partial charge in [0.15, 0.2) is 11.5 Å². The van der Waals surface area contributed by atoms with Crippen LogP contribution in [0.3, 0.4) is 0 Å². The molecule has 3 aromatic heterocycles. The van der Waals surface area contributed by atoms with Crippen molar-refractivity contribution in [3.05, 3.63) is 76.3 Å². The molecule has 0 bridgehead atoms. The fourth-order valence-corrected chi connectivity index (χ4v) is 3.54. The van der Waals surface area contributed by atoms with Crippen LogP contribution in [0.5, 0.6) is 0 Å². The van der Waals surface area contributed by atoms with Crippen molar-refractivity contribution in [2.75, 3.05) is 4.90 Å². The standard InChI is InChI=1S/C17H11N3O4S/c21-14(10-4-1-8-24-10)12-13(11-5-2-9-25-11)20(16(23)15(12)22)17-18-6-3-7-19-17/h1-9,13,22H/t13-/m1/s1. The first-order valence-electron chi connectivity index (χ1n) is 7.34. The summed E-state index contributed by atoms with van der Waals surface area (Å²) < 4.78 is 5.15. The zero-order chi connectivity index (χ0) is 17.4. The zero-order valence-electron chi connectivity index (χ0n) is 12.7. The van der Waals surface area contributed by atoms with Crippen molar-refractivity contribution in [3.63, 3.8) is 0 Å². The van der Waals surface area contributed by atoms with Crippen molar-refractivity contribution in [2.24, 2.45) is 0 Å². The molecule has 8 heteroatoms. The molecule has 1 aliphatic heterocycles. The Labute approximate surface area is 145 Å². The highest BCUT2D eigenvalue weighted by molar-refractivity contribution is 7.10. The summed E-state index contributed by atoms with van der Waals surface area (Å²) >= 11 is 1.36. The quantitative estimate of drug-likeness (QED) is 0.725. The summed E-state index contributed by atoms with van der Waals surface area (Å²) in [6.45, 7) is 0. The van der Waals surface area contributed by atoms with Gasteiger partial charge in [-0.05, 0) is 29.6 Å². The number of anilines is 1. The van der Waals surface area contributed by atoms with Crippen molar-refractivity contribution in [1.29, 1.82) is 0 Å². The monoisotopic (exact) mass is 353 g/mol. The number of aliphatic hydroxyl groups excluding tert-OH is 1. The highest BCUT2D eigenvalue weighted by atomic mass is 32.1. The lowest BCUT2D eigenvalue weighted by Crippen LogP contribution is -2.32. The van der Waals surface area contributed by atoms with Crippen LogP contribution in [0.15, 0.2) is 70.1 Å². The minimum Gasteiger partial charge on any atom is -0.503 e. The predicted octanol–water partition coefficient (Wildman–Crippen LogP) is 2.91. The average Bonchev–Trinajstić information content (AvgIpc) is 3.37. The molecule has 0 spiro atoms. The van der Waals surface area contributed by atoms with Crippen LogP contribution < -0.4 is 4.90 Å². The number of hydrogen-bond donors (Lipinski definition) is 1. The van der Waals surface area contributed by atoms with Crippen LogP contribution in [-0.4, -0.2) is 26.8 Å². The fourth-order valence-electron chi connectivity index (χ4n) is 2.72. The molecular weight excluding hydrogens is 342 g/mol. The summed E-state index contributed by atoms with van der Waals surface area (Å²) in [4.78, 5) is 35.6. The van der Waals surface area contributed by atoms with E-state index in [1.54, 1.807) is 24.3 Å². The van der Waals surface area contributed by atoms with Crippen molar-refractivity contribution < 1.29 is 19.1 Å². The van der Waals surface area contributed by atoms with Crippen LogP contribution in [0, 0.1) is 0 Å². The van der Waals surface area contributed by atoms with Gasteiger partial charge in [-0.3, -0.25) is 14.5 Å². The Morgan fingerprint density at radius 2 is 2.00 bits per heavy atom. The smallest absolute Gasteiger partial charge is 0.296 e. The van der Waals surface area contributed by atoms with Gasteiger partial charge < -0.3 is 9.52 Å². The number of ketones is 1. The first-order chi connectivity index (χ1) is 12.2. The Kier molecular flexibility index (Phi) is 3.66. The van der Waals surface area contributed by atoms with Crippen molar-refractivity contribution in [2.45, 2.75) is 6.04 Å². The van der Waals surface area contributed by atoms with E-state index < -0.39 is 23.5 Å². The second kappa shape index (κ2) is 5.99. The summed E-state index contributed by atoms with van der Waals surface area (Å²) in [7, 11) is 0. The van der Waals surface area contributed by atoms with Gasteiger partial charge in [0.25, 0.3) is 5.91 Å².